The minimum Gasteiger partial charge on any atom is -0.383 e. The van der Waals surface area contributed by atoms with Crippen LogP contribution in [0.5, 0.6) is 0 Å². The van der Waals surface area contributed by atoms with Crippen LogP contribution in [0.25, 0.3) is 21.7 Å². The Morgan fingerprint density at radius 3 is 2.83 bits per heavy atom. The molecule has 2 N–H and O–H groups in total. The van der Waals surface area contributed by atoms with E-state index < -0.39 is 0 Å². The van der Waals surface area contributed by atoms with Gasteiger partial charge in [-0.15, -0.1) is 11.3 Å². The van der Waals surface area contributed by atoms with Crippen LogP contribution in [-0.4, -0.2) is 15.0 Å². The second kappa shape index (κ2) is 3.99. The summed E-state index contributed by atoms with van der Waals surface area (Å²) in [5.74, 6) is 0.451. The molecule has 18 heavy (non-hydrogen) atoms. The Bertz CT molecular complexity index is 721. The van der Waals surface area contributed by atoms with Gasteiger partial charge in [0.2, 0.25) is 0 Å². The number of aryl methyl sites for hydroxylation is 1. The maximum absolute atomic E-state index is 12.8. The summed E-state index contributed by atoms with van der Waals surface area (Å²) in [6, 6.07) is 4.82. The fourth-order valence-electron chi connectivity index (χ4n) is 1.69. The third kappa shape index (κ3) is 1.80. The number of nitrogen functional groups attached to an aromatic ring is 1. The quantitative estimate of drug-likeness (QED) is 0.730. The summed E-state index contributed by atoms with van der Waals surface area (Å²) >= 11 is 1.55. The van der Waals surface area contributed by atoms with E-state index in [1.165, 1.54) is 12.1 Å². The summed E-state index contributed by atoms with van der Waals surface area (Å²) in [7, 11) is 0. The lowest BCUT2D eigenvalue weighted by atomic mass is 10.3. The van der Waals surface area contributed by atoms with Crippen molar-refractivity contribution in [3.63, 3.8) is 0 Å². The first-order chi connectivity index (χ1) is 8.63. The number of anilines is 1. The monoisotopic (exact) mass is 260 g/mol. The van der Waals surface area contributed by atoms with Gasteiger partial charge < -0.3 is 5.73 Å². The van der Waals surface area contributed by atoms with Crippen LogP contribution in [0.15, 0.2) is 24.4 Å². The largest absolute Gasteiger partial charge is 0.383 e. The molecule has 3 heterocycles. The topological polar surface area (TPSA) is 64.7 Å². The van der Waals surface area contributed by atoms with Gasteiger partial charge in [0, 0.05) is 4.88 Å². The molecule has 0 saturated heterocycles. The van der Waals surface area contributed by atoms with Gasteiger partial charge >= 0.3 is 0 Å². The lowest BCUT2D eigenvalue weighted by Gasteiger charge is -2.01. The molecule has 0 aromatic carbocycles. The predicted octanol–water partition coefficient (Wildman–Crippen LogP) is 2.78. The molecule has 0 radical (unpaired) electrons. The molecule has 0 spiro atoms. The molecule has 0 amide bonds. The molecule has 3 aromatic heterocycles. The third-order valence-corrected chi connectivity index (χ3v) is 3.45. The summed E-state index contributed by atoms with van der Waals surface area (Å²) < 4.78 is 12.8. The molecule has 0 bridgehead atoms. The summed E-state index contributed by atoms with van der Waals surface area (Å²) in [5.41, 5.74) is 6.40. The van der Waals surface area contributed by atoms with Crippen molar-refractivity contribution in [1.29, 1.82) is 0 Å². The Balaban J connectivity index is 2.20. The SMILES string of the molecule is Cc1cc2c(N)nc(-c3ccc(F)cn3)nc2s1. The van der Waals surface area contributed by atoms with Gasteiger partial charge in [0.1, 0.15) is 22.2 Å². The number of hydrogen-bond donors (Lipinski definition) is 1. The van der Waals surface area contributed by atoms with Crippen molar-refractivity contribution in [3.05, 3.63) is 35.1 Å². The summed E-state index contributed by atoms with van der Waals surface area (Å²) in [6.45, 7) is 1.99. The highest BCUT2D eigenvalue weighted by molar-refractivity contribution is 7.18. The van der Waals surface area contributed by atoms with Crippen LogP contribution < -0.4 is 5.73 Å². The first kappa shape index (κ1) is 11.0. The lowest BCUT2D eigenvalue weighted by Crippen LogP contribution is -1.97. The van der Waals surface area contributed by atoms with Crippen molar-refractivity contribution in [2.45, 2.75) is 6.92 Å². The Labute approximate surface area is 106 Å². The van der Waals surface area contributed by atoms with Gasteiger partial charge in [0.25, 0.3) is 0 Å². The number of nitrogens with zero attached hydrogens (tertiary/aromatic N) is 3. The van der Waals surface area contributed by atoms with E-state index in [0.29, 0.717) is 17.3 Å². The summed E-state index contributed by atoms with van der Waals surface area (Å²) in [4.78, 5) is 14.5. The maximum Gasteiger partial charge on any atom is 0.181 e. The van der Waals surface area contributed by atoms with Gasteiger partial charge in [-0.05, 0) is 25.1 Å². The molecule has 0 fully saturated rings. The van der Waals surface area contributed by atoms with Gasteiger partial charge in [0.15, 0.2) is 5.82 Å². The van der Waals surface area contributed by atoms with E-state index in [0.717, 1.165) is 21.3 Å². The fraction of sp³-hybridized carbons (Fsp3) is 0.0833. The molecule has 0 saturated carbocycles. The number of aromatic nitrogens is 3. The number of pyridine rings is 1. The number of nitrogens with two attached hydrogens (primary N) is 1. The average molecular weight is 260 g/mol. The fourth-order valence-corrected chi connectivity index (χ4v) is 2.57. The Morgan fingerprint density at radius 2 is 2.11 bits per heavy atom. The zero-order valence-corrected chi connectivity index (χ0v) is 10.3. The molecule has 0 atom stereocenters. The highest BCUT2D eigenvalue weighted by atomic mass is 32.1. The molecule has 0 aliphatic carbocycles. The second-order valence-corrected chi connectivity index (χ2v) is 5.10. The Kier molecular flexibility index (Phi) is 2.45. The van der Waals surface area contributed by atoms with Crippen LogP contribution in [0.3, 0.4) is 0 Å². The van der Waals surface area contributed by atoms with Crippen LogP contribution >= 0.6 is 11.3 Å². The highest BCUT2D eigenvalue weighted by Crippen LogP contribution is 2.28. The molecule has 90 valence electrons. The van der Waals surface area contributed by atoms with Crippen LogP contribution in [0.4, 0.5) is 10.2 Å². The van der Waals surface area contributed by atoms with Crippen molar-refractivity contribution in [3.8, 4) is 11.5 Å². The molecule has 3 aromatic rings. The van der Waals surface area contributed by atoms with Crippen molar-refractivity contribution in [1.82, 2.24) is 15.0 Å². The summed E-state index contributed by atoms with van der Waals surface area (Å²) in [5, 5.41) is 0.850. The summed E-state index contributed by atoms with van der Waals surface area (Å²) in [6.07, 6.45) is 1.14. The van der Waals surface area contributed by atoms with E-state index in [1.54, 1.807) is 11.3 Å². The Morgan fingerprint density at radius 1 is 1.28 bits per heavy atom. The molecular weight excluding hydrogens is 251 g/mol. The van der Waals surface area contributed by atoms with Gasteiger partial charge in [-0.3, -0.25) is 0 Å². The van der Waals surface area contributed by atoms with E-state index in [9.17, 15) is 4.39 Å². The molecule has 3 rings (SSSR count). The van der Waals surface area contributed by atoms with Crippen molar-refractivity contribution >= 4 is 27.4 Å². The van der Waals surface area contributed by atoms with E-state index >= 15 is 0 Å². The van der Waals surface area contributed by atoms with Gasteiger partial charge in [-0.2, -0.15) is 0 Å². The number of thiophene rings is 1. The maximum atomic E-state index is 12.8. The van der Waals surface area contributed by atoms with Gasteiger partial charge in [0.05, 0.1) is 11.6 Å². The van der Waals surface area contributed by atoms with Crippen molar-refractivity contribution in [2.24, 2.45) is 0 Å². The molecule has 4 nitrogen and oxygen atoms in total. The van der Waals surface area contributed by atoms with Crippen LogP contribution in [0.2, 0.25) is 0 Å². The van der Waals surface area contributed by atoms with Crippen molar-refractivity contribution in [2.75, 3.05) is 5.73 Å². The van der Waals surface area contributed by atoms with Crippen LogP contribution in [0.1, 0.15) is 4.88 Å². The number of rotatable bonds is 1. The second-order valence-electron chi connectivity index (χ2n) is 3.87. The van der Waals surface area contributed by atoms with E-state index in [-0.39, 0.29) is 5.82 Å². The molecule has 0 aliphatic heterocycles. The van der Waals surface area contributed by atoms with Gasteiger partial charge in [-0.25, -0.2) is 19.3 Å². The standard InChI is InChI=1S/C12H9FN4S/c1-6-4-8-10(14)16-11(17-12(8)18-6)9-3-2-7(13)5-15-9/h2-5H,1H3,(H2,14,16,17). The number of hydrogen-bond acceptors (Lipinski definition) is 5. The minimum atomic E-state index is -0.389. The normalized spacial score (nSPS) is 11.0. The highest BCUT2D eigenvalue weighted by Gasteiger charge is 2.10. The lowest BCUT2D eigenvalue weighted by molar-refractivity contribution is 0.621. The molecular formula is C12H9FN4S. The van der Waals surface area contributed by atoms with Crippen LogP contribution in [0, 0.1) is 12.7 Å². The van der Waals surface area contributed by atoms with Gasteiger partial charge in [-0.1, -0.05) is 0 Å². The number of halogens is 1. The average Bonchev–Trinajstić information content (AvgIpc) is 2.71. The van der Waals surface area contributed by atoms with E-state index in [4.69, 9.17) is 5.73 Å². The molecule has 0 unspecified atom stereocenters. The molecule has 6 heteroatoms. The first-order valence-electron chi connectivity index (χ1n) is 5.29. The van der Waals surface area contributed by atoms with Crippen LogP contribution in [-0.2, 0) is 0 Å². The smallest absolute Gasteiger partial charge is 0.181 e. The molecule has 0 aliphatic rings. The minimum absolute atomic E-state index is 0.389. The van der Waals surface area contributed by atoms with Crippen molar-refractivity contribution < 1.29 is 4.39 Å². The third-order valence-electron chi connectivity index (χ3n) is 2.50. The first-order valence-corrected chi connectivity index (χ1v) is 6.11. The zero-order chi connectivity index (χ0) is 12.7. The Hall–Kier alpha value is -2.08. The van der Waals surface area contributed by atoms with E-state index in [1.807, 2.05) is 13.0 Å². The number of fused-ring (bicyclic) bond motifs is 1. The van der Waals surface area contributed by atoms with E-state index in [2.05, 4.69) is 15.0 Å². The zero-order valence-electron chi connectivity index (χ0n) is 9.51. The predicted molar refractivity (Wildman–Crippen MR) is 69.8 cm³/mol.